The zero-order chi connectivity index (χ0) is 13.2. The number of nitrogens with zero attached hydrogens (tertiary/aromatic N) is 2. The van der Waals surface area contributed by atoms with Crippen molar-refractivity contribution in [3.05, 3.63) is 30.1 Å². The fourth-order valence-corrected chi connectivity index (χ4v) is 2.38. The molecule has 2 heterocycles. The maximum atomic E-state index is 12.1. The third kappa shape index (κ3) is 2.46. The molecule has 1 aromatic carbocycles. The zero-order valence-corrected chi connectivity index (χ0v) is 10.9. The van der Waals surface area contributed by atoms with Crippen molar-refractivity contribution in [2.24, 2.45) is 7.05 Å². The minimum Gasteiger partial charge on any atom is -0.376 e. The van der Waals surface area contributed by atoms with Crippen LogP contribution in [0.4, 0.5) is 0 Å². The van der Waals surface area contributed by atoms with Gasteiger partial charge in [-0.3, -0.25) is 4.79 Å². The first-order valence-electron chi connectivity index (χ1n) is 6.55. The lowest BCUT2D eigenvalue weighted by atomic mass is 10.1. The van der Waals surface area contributed by atoms with Crippen LogP contribution in [0.2, 0.25) is 0 Å². The van der Waals surface area contributed by atoms with Crippen LogP contribution in [-0.4, -0.2) is 34.7 Å². The molecule has 2 aromatic rings. The maximum Gasteiger partial charge on any atom is 0.251 e. The summed E-state index contributed by atoms with van der Waals surface area (Å²) >= 11 is 0. The van der Waals surface area contributed by atoms with E-state index in [2.05, 4.69) is 10.3 Å². The summed E-state index contributed by atoms with van der Waals surface area (Å²) in [6, 6.07) is 5.55. The van der Waals surface area contributed by atoms with Crippen molar-refractivity contribution in [1.82, 2.24) is 14.9 Å². The molecular weight excluding hydrogens is 242 g/mol. The number of carbonyl (C=O) groups excluding carboxylic acids is 1. The fraction of sp³-hybridized carbons (Fsp3) is 0.429. The molecule has 100 valence electrons. The van der Waals surface area contributed by atoms with Crippen LogP contribution >= 0.6 is 0 Å². The molecule has 1 aliphatic rings. The van der Waals surface area contributed by atoms with E-state index in [9.17, 15) is 4.79 Å². The highest BCUT2D eigenvalue weighted by atomic mass is 16.5. The van der Waals surface area contributed by atoms with Crippen molar-refractivity contribution in [2.45, 2.75) is 18.9 Å². The van der Waals surface area contributed by atoms with Crippen LogP contribution in [0, 0.1) is 0 Å². The van der Waals surface area contributed by atoms with Gasteiger partial charge in [0.25, 0.3) is 5.91 Å². The van der Waals surface area contributed by atoms with Crippen molar-refractivity contribution in [3.8, 4) is 0 Å². The van der Waals surface area contributed by atoms with Crippen LogP contribution in [0.25, 0.3) is 11.0 Å². The molecule has 0 radical (unpaired) electrons. The van der Waals surface area contributed by atoms with Gasteiger partial charge in [-0.05, 0) is 31.0 Å². The summed E-state index contributed by atoms with van der Waals surface area (Å²) < 4.78 is 7.40. The molecule has 1 amide bonds. The van der Waals surface area contributed by atoms with E-state index in [-0.39, 0.29) is 12.0 Å². The van der Waals surface area contributed by atoms with Gasteiger partial charge in [-0.1, -0.05) is 0 Å². The molecule has 19 heavy (non-hydrogen) atoms. The van der Waals surface area contributed by atoms with Gasteiger partial charge in [0.05, 0.1) is 23.5 Å². The second kappa shape index (κ2) is 5.01. The summed E-state index contributed by atoms with van der Waals surface area (Å²) in [4.78, 5) is 16.3. The van der Waals surface area contributed by atoms with Gasteiger partial charge in [0, 0.05) is 25.8 Å². The Morgan fingerprint density at radius 1 is 1.58 bits per heavy atom. The Morgan fingerprint density at radius 2 is 2.47 bits per heavy atom. The van der Waals surface area contributed by atoms with E-state index in [0.29, 0.717) is 12.1 Å². The number of ether oxygens (including phenoxy) is 1. The maximum absolute atomic E-state index is 12.1. The Kier molecular flexibility index (Phi) is 3.21. The van der Waals surface area contributed by atoms with Crippen molar-refractivity contribution < 1.29 is 9.53 Å². The molecule has 1 atom stereocenters. The molecule has 5 heteroatoms. The summed E-state index contributed by atoms with van der Waals surface area (Å²) in [5, 5.41) is 2.92. The third-order valence-corrected chi connectivity index (χ3v) is 3.50. The van der Waals surface area contributed by atoms with E-state index < -0.39 is 0 Å². The van der Waals surface area contributed by atoms with Crippen LogP contribution in [0.15, 0.2) is 24.5 Å². The number of carbonyl (C=O) groups is 1. The second-order valence-electron chi connectivity index (χ2n) is 4.90. The molecule has 1 fully saturated rings. The van der Waals surface area contributed by atoms with Gasteiger partial charge in [-0.15, -0.1) is 0 Å². The van der Waals surface area contributed by atoms with Crippen molar-refractivity contribution >= 4 is 16.9 Å². The molecule has 1 unspecified atom stereocenters. The Labute approximate surface area is 111 Å². The van der Waals surface area contributed by atoms with Crippen LogP contribution in [0.3, 0.4) is 0 Å². The smallest absolute Gasteiger partial charge is 0.251 e. The number of aromatic nitrogens is 2. The Hall–Kier alpha value is -1.88. The SMILES string of the molecule is Cn1cnc2ccc(C(=O)NCC3CCCO3)cc21. The molecule has 1 N–H and O–H groups in total. The van der Waals surface area contributed by atoms with E-state index in [1.165, 1.54) is 0 Å². The first kappa shape index (κ1) is 12.2. The van der Waals surface area contributed by atoms with Crippen molar-refractivity contribution in [2.75, 3.05) is 13.2 Å². The average Bonchev–Trinajstić information content (AvgIpc) is 3.06. The molecule has 0 spiro atoms. The monoisotopic (exact) mass is 259 g/mol. The lowest BCUT2D eigenvalue weighted by Crippen LogP contribution is -2.31. The average molecular weight is 259 g/mol. The van der Waals surface area contributed by atoms with Crippen LogP contribution in [0.5, 0.6) is 0 Å². The quantitative estimate of drug-likeness (QED) is 0.908. The first-order chi connectivity index (χ1) is 9.24. The first-order valence-corrected chi connectivity index (χ1v) is 6.55. The Morgan fingerprint density at radius 3 is 3.26 bits per heavy atom. The largest absolute Gasteiger partial charge is 0.376 e. The lowest BCUT2D eigenvalue weighted by Gasteiger charge is -2.10. The molecule has 1 aliphatic heterocycles. The van der Waals surface area contributed by atoms with E-state index >= 15 is 0 Å². The summed E-state index contributed by atoms with van der Waals surface area (Å²) in [5.74, 6) is -0.0569. The van der Waals surface area contributed by atoms with Gasteiger partial charge in [0.2, 0.25) is 0 Å². The summed E-state index contributed by atoms with van der Waals surface area (Å²) in [6.07, 6.45) is 4.03. The van der Waals surface area contributed by atoms with E-state index in [1.807, 2.05) is 23.7 Å². The minimum absolute atomic E-state index is 0.0569. The van der Waals surface area contributed by atoms with Gasteiger partial charge in [-0.2, -0.15) is 0 Å². The van der Waals surface area contributed by atoms with E-state index in [4.69, 9.17) is 4.74 Å². The number of imidazole rings is 1. The number of hydrogen-bond donors (Lipinski definition) is 1. The number of hydrogen-bond acceptors (Lipinski definition) is 3. The Bertz CT molecular complexity index is 600. The topological polar surface area (TPSA) is 56.2 Å². The van der Waals surface area contributed by atoms with Crippen LogP contribution in [0.1, 0.15) is 23.2 Å². The summed E-state index contributed by atoms with van der Waals surface area (Å²) in [7, 11) is 1.92. The number of aryl methyl sites for hydroxylation is 1. The highest BCUT2D eigenvalue weighted by Gasteiger charge is 2.16. The number of rotatable bonds is 3. The molecule has 0 bridgehead atoms. The van der Waals surface area contributed by atoms with E-state index in [0.717, 1.165) is 30.5 Å². The predicted molar refractivity (Wildman–Crippen MR) is 72.0 cm³/mol. The van der Waals surface area contributed by atoms with E-state index in [1.54, 1.807) is 12.4 Å². The fourth-order valence-electron chi connectivity index (χ4n) is 2.38. The number of benzene rings is 1. The normalized spacial score (nSPS) is 18.9. The van der Waals surface area contributed by atoms with Gasteiger partial charge in [0.15, 0.2) is 0 Å². The van der Waals surface area contributed by atoms with Crippen LogP contribution in [-0.2, 0) is 11.8 Å². The van der Waals surface area contributed by atoms with Gasteiger partial charge in [0.1, 0.15) is 0 Å². The van der Waals surface area contributed by atoms with Crippen LogP contribution < -0.4 is 5.32 Å². The number of nitrogens with one attached hydrogen (secondary N) is 1. The second-order valence-corrected chi connectivity index (χ2v) is 4.90. The Balaban J connectivity index is 1.71. The molecule has 3 rings (SSSR count). The standard InChI is InChI=1S/C14H17N3O2/c1-17-9-16-12-5-4-10(7-13(12)17)14(18)15-8-11-3-2-6-19-11/h4-5,7,9,11H,2-3,6,8H2,1H3,(H,15,18). The van der Waals surface area contributed by atoms with Crippen molar-refractivity contribution in [3.63, 3.8) is 0 Å². The number of amides is 1. The summed E-state index contributed by atoms with van der Waals surface area (Å²) in [5.41, 5.74) is 2.53. The minimum atomic E-state index is -0.0569. The molecule has 1 saturated heterocycles. The van der Waals surface area contributed by atoms with Gasteiger partial charge >= 0.3 is 0 Å². The predicted octanol–water partition coefficient (Wildman–Crippen LogP) is 1.48. The summed E-state index contributed by atoms with van der Waals surface area (Å²) in [6.45, 7) is 1.39. The van der Waals surface area contributed by atoms with Gasteiger partial charge < -0.3 is 14.6 Å². The number of fused-ring (bicyclic) bond motifs is 1. The zero-order valence-electron chi connectivity index (χ0n) is 10.9. The molecule has 5 nitrogen and oxygen atoms in total. The molecular formula is C14H17N3O2. The van der Waals surface area contributed by atoms with Gasteiger partial charge in [-0.25, -0.2) is 4.98 Å². The third-order valence-electron chi connectivity index (χ3n) is 3.50. The lowest BCUT2D eigenvalue weighted by molar-refractivity contribution is 0.0858. The van der Waals surface area contributed by atoms with Crippen molar-refractivity contribution in [1.29, 1.82) is 0 Å². The molecule has 0 aliphatic carbocycles. The molecule has 1 aromatic heterocycles. The highest BCUT2D eigenvalue weighted by Crippen LogP contribution is 2.14. The molecule has 0 saturated carbocycles. The highest BCUT2D eigenvalue weighted by molar-refractivity contribution is 5.97.